The summed E-state index contributed by atoms with van der Waals surface area (Å²) in [6, 6.07) is 18.0. The summed E-state index contributed by atoms with van der Waals surface area (Å²) < 4.78 is 2.18. The quantitative estimate of drug-likeness (QED) is 0.289. The van der Waals surface area contributed by atoms with E-state index >= 15 is 0 Å². The van der Waals surface area contributed by atoms with Crippen molar-refractivity contribution in [1.29, 1.82) is 0 Å². The van der Waals surface area contributed by atoms with Gasteiger partial charge < -0.3 is 20.1 Å². The third-order valence-corrected chi connectivity index (χ3v) is 7.71. The Hall–Kier alpha value is -4.04. The van der Waals surface area contributed by atoms with E-state index < -0.39 is 0 Å². The third-order valence-electron chi connectivity index (χ3n) is 7.36. The van der Waals surface area contributed by atoms with Gasteiger partial charge in [-0.25, -0.2) is 4.98 Å². The number of hydrogen-bond acceptors (Lipinski definition) is 4. The van der Waals surface area contributed by atoms with Gasteiger partial charge in [-0.05, 0) is 99.4 Å². The summed E-state index contributed by atoms with van der Waals surface area (Å²) in [4.78, 5) is 24.5. The molecule has 1 amide bonds. The Morgan fingerprint density at radius 2 is 1.79 bits per heavy atom. The van der Waals surface area contributed by atoms with Crippen LogP contribution in [0.25, 0.3) is 5.82 Å². The van der Waals surface area contributed by atoms with E-state index in [1.54, 1.807) is 6.20 Å². The van der Waals surface area contributed by atoms with Crippen LogP contribution in [0.1, 0.15) is 57.8 Å². The van der Waals surface area contributed by atoms with Gasteiger partial charge in [-0.1, -0.05) is 24.3 Å². The minimum Gasteiger partial charge on any atom is -0.352 e. The fourth-order valence-electron chi connectivity index (χ4n) is 5.32. The van der Waals surface area contributed by atoms with Crippen molar-refractivity contribution in [1.82, 2.24) is 24.8 Å². The summed E-state index contributed by atoms with van der Waals surface area (Å²) in [5, 5.41) is 7.20. The maximum atomic E-state index is 13.0. The standard InChI is InChI=1S/C31H34N6OS/c1-19-9-11-21(3)26(16-19)34-28(38)13-15-36-30(29(35-31(36)39)25-8-6-7-14-32-25)24-17-22(4)37(23(24)5)27-12-10-20(2)18-33-27/h6-12,14,16-18,29-30H,13,15H2,1-5H3,(H,34,38)(H,35,39)/t29-,30-/m0/s1. The lowest BCUT2D eigenvalue weighted by Gasteiger charge is -2.28. The minimum atomic E-state index is -0.152. The minimum absolute atomic E-state index is 0.0409. The number of aryl methyl sites for hydroxylation is 4. The highest BCUT2D eigenvalue weighted by molar-refractivity contribution is 7.80. The molecule has 1 saturated heterocycles. The first-order valence-electron chi connectivity index (χ1n) is 13.2. The van der Waals surface area contributed by atoms with E-state index in [0.29, 0.717) is 18.1 Å². The second-order valence-corrected chi connectivity index (χ2v) is 10.7. The van der Waals surface area contributed by atoms with Crippen molar-refractivity contribution < 1.29 is 4.79 Å². The van der Waals surface area contributed by atoms with Gasteiger partial charge in [0, 0.05) is 42.4 Å². The van der Waals surface area contributed by atoms with Crippen LogP contribution in [0.5, 0.6) is 0 Å². The second-order valence-electron chi connectivity index (χ2n) is 10.3. The maximum absolute atomic E-state index is 13.0. The Labute approximate surface area is 235 Å². The zero-order valence-electron chi connectivity index (χ0n) is 23.0. The summed E-state index contributed by atoms with van der Waals surface area (Å²) in [6.07, 6.45) is 3.99. The Morgan fingerprint density at radius 3 is 2.51 bits per heavy atom. The molecule has 1 aromatic carbocycles. The highest BCUT2D eigenvalue weighted by Crippen LogP contribution is 2.41. The molecule has 4 aromatic rings. The Kier molecular flexibility index (Phi) is 7.48. The molecule has 2 atom stereocenters. The number of rotatable bonds is 7. The molecule has 200 valence electrons. The van der Waals surface area contributed by atoms with Crippen LogP contribution in [-0.4, -0.2) is 37.0 Å². The van der Waals surface area contributed by atoms with Crippen molar-refractivity contribution in [2.75, 3.05) is 11.9 Å². The molecule has 1 aliphatic rings. The number of nitrogens with one attached hydrogen (secondary N) is 2. The molecule has 0 spiro atoms. The maximum Gasteiger partial charge on any atom is 0.226 e. The van der Waals surface area contributed by atoms with Crippen LogP contribution in [0.15, 0.2) is 67.0 Å². The molecule has 3 aromatic heterocycles. The zero-order chi connectivity index (χ0) is 27.7. The smallest absolute Gasteiger partial charge is 0.226 e. The summed E-state index contributed by atoms with van der Waals surface area (Å²) in [5.41, 5.74) is 8.33. The summed E-state index contributed by atoms with van der Waals surface area (Å²) in [6.45, 7) is 10.7. The second kappa shape index (κ2) is 11.0. The van der Waals surface area contributed by atoms with Crippen LogP contribution in [0.4, 0.5) is 5.69 Å². The van der Waals surface area contributed by atoms with Crippen LogP contribution < -0.4 is 10.6 Å². The molecule has 8 heteroatoms. The molecule has 4 heterocycles. The Bertz CT molecular complexity index is 1510. The number of thiocarbonyl (C=S) groups is 1. The van der Waals surface area contributed by atoms with Crippen LogP contribution in [0.3, 0.4) is 0 Å². The number of hydrogen-bond donors (Lipinski definition) is 2. The van der Waals surface area contributed by atoms with E-state index in [4.69, 9.17) is 12.2 Å². The summed E-state index contributed by atoms with van der Waals surface area (Å²) in [5.74, 6) is 0.838. The summed E-state index contributed by atoms with van der Waals surface area (Å²) in [7, 11) is 0. The van der Waals surface area contributed by atoms with Gasteiger partial charge in [0.2, 0.25) is 5.91 Å². The lowest BCUT2D eigenvalue weighted by molar-refractivity contribution is -0.116. The first-order valence-corrected chi connectivity index (χ1v) is 13.6. The average Bonchev–Trinajstić information content (AvgIpc) is 3.40. The van der Waals surface area contributed by atoms with Gasteiger partial charge in [0.05, 0.1) is 17.8 Å². The largest absolute Gasteiger partial charge is 0.352 e. The van der Waals surface area contributed by atoms with Crippen LogP contribution in [-0.2, 0) is 4.79 Å². The SMILES string of the molecule is Cc1ccc(-n2c(C)cc([C@H]3[C@H](c4ccccn4)NC(=S)N3CCC(=O)Nc3cc(C)ccc3C)c2C)nc1. The lowest BCUT2D eigenvalue weighted by Crippen LogP contribution is -2.33. The molecule has 0 aliphatic carbocycles. The zero-order valence-corrected chi connectivity index (χ0v) is 23.8. The number of carbonyl (C=O) groups excluding carboxylic acids is 1. The van der Waals surface area contributed by atoms with E-state index in [-0.39, 0.29) is 18.0 Å². The average molecular weight is 539 g/mol. The molecule has 0 radical (unpaired) electrons. The fourth-order valence-corrected chi connectivity index (χ4v) is 5.65. The van der Waals surface area contributed by atoms with Crippen molar-refractivity contribution in [3.05, 3.63) is 106 Å². The predicted molar refractivity (Wildman–Crippen MR) is 159 cm³/mol. The van der Waals surface area contributed by atoms with Gasteiger partial charge >= 0.3 is 0 Å². The molecule has 5 rings (SSSR count). The van der Waals surface area contributed by atoms with E-state index in [1.165, 1.54) is 0 Å². The van der Waals surface area contributed by atoms with Crippen LogP contribution in [0.2, 0.25) is 0 Å². The molecule has 1 aliphatic heterocycles. The molecular weight excluding hydrogens is 504 g/mol. The van der Waals surface area contributed by atoms with Crippen molar-refractivity contribution in [2.24, 2.45) is 0 Å². The van der Waals surface area contributed by atoms with E-state index in [9.17, 15) is 4.79 Å². The summed E-state index contributed by atoms with van der Waals surface area (Å²) >= 11 is 5.84. The van der Waals surface area contributed by atoms with Crippen LogP contribution in [0, 0.1) is 34.6 Å². The van der Waals surface area contributed by atoms with Crippen molar-refractivity contribution in [2.45, 2.75) is 53.1 Å². The van der Waals surface area contributed by atoms with Crippen molar-refractivity contribution in [3.63, 3.8) is 0 Å². The fraction of sp³-hybridized carbons (Fsp3) is 0.290. The molecular formula is C31H34N6OS. The van der Waals surface area contributed by atoms with Crippen molar-refractivity contribution >= 4 is 28.9 Å². The molecule has 0 bridgehead atoms. The number of carbonyl (C=O) groups is 1. The number of benzene rings is 1. The number of nitrogens with zero attached hydrogens (tertiary/aromatic N) is 4. The monoisotopic (exact) mass is 538 g/mol. The molecule has 0 unspecified atom stereocenters. The normalized spacial score (nSPS) is 16.8. The van der Waals surface area contributed by atoms with Gasteiger partial charge in [0.15, 0.2) is 5.11 Å². The third kappa shape index (κ3) is 5.43. The highest BCUT2D eigenvalue weighted by atomic mass is 32.1. The number of pyridine rings is 2. The van der Waals surface area contributed by atoms with Gasteiger partial charge in [0.1, 0.15) is 5.82 Å². The highest BCUT2D eigenvalue weighted by Gasteiger charge is 2.41. The molecule has 2 N–H and O–H groups in total. The van der Waals surface area contributed by atoms with Gasteiger partial charge in [-0.2, -0.15) is 0 Å². The first kappa shape index (κ1) is 26.6. The number of amides is 1. The first-order chi connectivity index (χ1) is 18.7. The van der Waals surface area contributed by atoms with E-state index in [0.717, 1.165) is 50.8 Å². The number of aromatic nitrogens is 3. The van der Waals surface area contributed by atoms with E-state index in [2.05, 4.69) is 56.0 Å². The van der Waals surface area contributed by atoms with Crippen LogP contribution >= 0.6 is 12.2 Å². The van der Waals surface area contributed by atoms with Gasteiger partial charge in [0.25, 0.3) is 0 Å². The molecule has 39 heavy (non-hydrogen) atoms. The van der Waals surface area contributed by atoms with Gasteiger partial charge in [-0.3, -0.25) is 9.78 Å². The Balaban J connectivity index is 1.46. The lowest BCUT2D eigenvalue weighted by atomic mass is 9.96. The van der Waals surface area contributed by atoms with Gasteiger partial charge in [-0.15, -0.1) is 0 Å². The molecule has 0 saturated carbocycles. The Morgan fingerprint density at radius 1 is 1.00 bits per heavy atom. The topological polar surface area (TPSA) is 75.1 Å². The number of anilines is 1. The molecule has 1 fully saturated rings. The molecule has 7 nitrogen and oxygen atoms in total. The van der Waals surface area contributed by atoms with Crippen molar-refractivity contribution in [3.8, 4) is 5.82 Å². The predicted octanol–water partition coefficient (Wildman–Crippen LogP) is 5.81. The van der Waals surface area contributed by atoms with E-state index in [1.807, 2.05) is 69.4 Å².